The first kappa shape index (κ1) is 95.9. The minimum atomic E-state index is -3.56. The summed E-state index contributed by atoms with van der Waals surface area (Å²) < 4.78 is 145. The lowest BCUT2D eigenvalue weighted by Gasteiger charge is -2.33. The van der Waals surface area contributed by atoms with Gasteiger partial charge in [-0.1, -0.05) is 54.9 Å². The molecule has 10 saturated heterocycles. The predicted molar refractivity (Wildman–Crippen MR) is 432 cm³/mol. The maximum absolute atomic E-state index is 12.3. The minimum Gasteiger partial charge on any atom is -0.459 e. The molecule has 0 N–H and O–H groups in total. The Morgan fingerprint density at radius 3 is 1.42 bits per heavy atom. The molecule has 0 aromatic rings. The lowest BCUT2D eigenvalue weighted by atomic mass is 9.80. The Labute approximate surface area is 731 Å². The molecule has 8 bridgehead atoms. The molecule has 0 radical (unpaired) electrons. The van der Waals surface area contributed by atoms with Crippen molar-refractivity contribution in [2.75, 3.05) is 13.2 Å². The monoisotopic (exact) mass is 1810 g/mol. The summed E-state index contributed by atoms with van der Waals surface area (Å²) in [6, 6.07) is 0. The van der Waals surface area contributed by atoms with Crippen molar-refractivity contribution in [1.82, 2.24) is 0 Å². The van der Waals surface area contributed by atoms with E-state index in [1.807, 2.05) is 76.2 Å². The van der Waals surface area contributed by atoms with Gasteiger partial charge < -0.3 is 75.8 Å². The van der Waals surface area contributed by atoms with Crippen LogP contribution in [0.25, 0.3) is 0 Å². The van der Waals surface area contributed by atoms with Crippen LogP contribution in [0.4, 0.5) is 0 Å². The molecule has 18 aliphatic rings. The fourth-order valence-electron chi connectivity index (χ4n) is 20.5. The van der Waals surface area contributed by atoms with Crippen LogP contribution in [0.1, 0.15) is 260 Å². The molecule has 18 rings (SSSR count). The van der Waals surface area contributed by atoms with E-state index in [2.05, 4.69) is 0 Å². The molecule has 18 fully saturated rings. The van der Waals surface area contributed by atoms with Crippen molar-refractivity contribution in [3.8, 4) is 0 Å². The molecule has 34 nitrogen and oxygen atoms in total. The van der Waals surface area contributed by atoms with E-state index in [1.165, 1.54) is 6.42 Å². The molecule has 29 unspecified atom stereocenters. The van der Waals surface area contributed by atoms with Crippen LogP contribution in [-0.4, -0.2) is 222 Å². The van der Waals surface area contributed by atoms with Gasteiger partial charge in [-0.2, -0.15) is 16.8 Å². The third kappa shape index (κ3) is 18.6. The largest absolute Gasteiger partial charge is 0.459 e. The standard InChI is InChI=1S/C18H26O7.C17H24O6.C16H22O6.C13H20O5S.C13H20O4.C12H18O6S/c1-4-17(2,3)16(20)23-12-10-11(21-14(12)19)13-15(22-10)25-18(24-13)8-6-5-7-9-18;1-5-17(3,4)16(20)21-7-11(18)22-13-9-6-10-12(8(9)2)15(19)23-14(10)13;1-4-16(2,3)15(19)20-7-11(17)21-12-8-5-9-10(6-8)14(18)22-13(9)12;1-4-13(2,3)12(14)17-10-7-5-8-9(6-7)19(15,16)18-11(8)10;1-4-13(2,3)12(15)17-10-8-6-5-7-9(8)16-11(10)14;1-4-12(2,3)11(13)17-8-6-5-7-9(16-6)10(8)18-19(7,14)15/h10-13,15H,4-9H2,1-3H3;8-10,12-14H,5-7H2,1-4H3;8-10,12-13H,4-7H2,1-3H3;7-11H,4-6H2,1-3H3;8-10H,4-7H2,1-3H3;6-10H,4-5H2,1-3H3. The Kier molecular flexibility index (Phi) is 27.5. The van der Waals surface area contributed by atoms with Crippen LogP contribution in [0.3, 0.4) is 0 Å². The highest BCUT2D eigenvalue weighted by atomic mass is 32.2. The highest BCUT2D eigenvalue weighted by molar-refractivity contribution is 7.88. The summed E-state index contributed by atoms with van der Waals surface area (Å²) in [5, 5.41) is -0.951. The van der Waals surface area contributed by atoms with Gasteiger partial charge in [-0.25, -0.2) is 19.2 Å². The molecule has 1 spiro atoms. The van der Waals surface area contributed by atoms with E-state index in [0.717, 1.165) is 70.6 Å². The second kappa shape index (κ2) is 35.9. The zero-order chi connectivity index (χ0) is 91.5. The predicted octanol–water partition coefficient (Wildman–Crippen LogP) is 9.36. The summed E-state index contributed by atoms with van der Waals surface area (Å²) in [5.41, 5.74) is -3.53. The first-order valence-corrected chi connectivity index (χ1v) is 48.3. The summed E-state index contributed by atoms with van der Waals surface area (Å²) in [5.74, 6) is -4.04. The highest BCUT2D eigenvalue weighted by Gasteiger charge is 2.71. The number of hydrogen-bond acceptors (Lipinski definition) is 34. The van der Waals surface area contributed by atoms with Crippen molar-refractivity contribution in [1.29, 1.82) is 0 Å². The number of hydrogen-bond donors (Lipinski definition) is 0. The fraction of sp³-hybridized carbons (Fsp3) is 0.865. The Bertz CT molecular complexity index is 4270. The average Bonchev–Trinajstić information content (AvgIpc) is 1.62. The Hall–Kier alpha value is -6.70. The average molecular weight is 1810 g/mol. The summed E-state index contributed by atoms with van der Waals surface area (Å²) in [4.78, 5) is 144. The maximum atomic E-state index is 12.3. The molecule has 0 amide bonds. The van der Waals surface area contributed by atoms with Crippen molar-refractivity contribution in [3.63, 3.8) is 0 Å². The van der Waals surface area contributed by atoms with Crippen LogP contribution < -0.4 is 0 Å². The third-order valence-electron chi connectivity index (χ3n) is 31.0. The second-order valence-corrected chi connectivity index (χ2v) is 44.8. The fourth-order valence-corrected chi connectivity index (χ4v) is 24.0. The smallest absolute Gasteiger partial charge is 0.350 e. The summed E-state index contributed by atoms with van der Waals surface area (Å²) in [6.07, 6.45) is 7.64. The minimum absolute atomic E-state index is 0.00636. The molecule has 29 atom stereocenters. The number of esters is 12. The number of rotatable bonds is 22. The molecule has 10 heterocycles. The van der Waals surface area contributed by atoms with Crippen molar-refractivity contribution in [2.24, 2.45) is 91.7 Å². The highest BCUT2D eigenvalue weighted by Crippen LogP contribution is 2.60. The number of carbonyl (C=O) groups is 12. The van der Waals surface area contributed by atoms with Crippen LogP contribution in [0.5, 0.6) is 0 Å². The van der Waals surface area contributed by atoms with Crippen LogP contribution >= 0.6 is 0 Å². The summed E-state index contributed by atoms with van der Waals surface area (Å²) >= 11 is 0. The van der Waals surface area contributed by atoms with Crippen molar-refractivity contribution < 1.29 is 159 Å². The molecule has 702 valence electrons. The number of carbonyl (C=O) groups excluding carboxylic acids is 12. The van der Waals surface area contributed by atoms with Gasteiger partial charge in [0.05, 0.1) is 55.7 Å². The molecular weight excluding hydrogens is 1680 g/mol. The van der Waals surface area contributed by atoms with E-state index < -0.39 is 174 Å². The Morgan fingerprint density at radius 1 is 0.376 bits per heavy atom. The molecule has 36 heteroatoms. The van der Waals surface area contributed by atoms with Crippen molar-refractivity contribution >= 4 is 91.9 Å². The van der Waals surface area contributed by atoms with Crippen LogP contribution in [0.2, 0.25) is 0 Å². The Morgan fingerprint density at radius 2 is 0.848 bits per heavy atom. The normalized spacial score (nSPS) is 38.3. The third-order valence-corrected chi connectivity index (χ3v) is 34.5. The molecule has 125 heavy (non-hydrogen) atoms. The van der Waals surface area contributed by atoms with E-state index in [-0.39, 0.29) is 143 Å². The maximum Gasteiger partial charge on any atom is 0.350 e. The molecule has 10 aliphatic heterocycles. The molecule has 8 aliphatic carbocycles. The summed E-state index contributed by atoms with van der Waals surface area (Å²) in [6.45, 7) is 34.3. The zero-order valence-corrected chi connectivity index (χ0v) is 77.1. The quantitative estimate of drug-likeness (QED) is 0.0553. The van der Waals surface area contributed by atoms with Gasteiger partial charge in [-0.3, -0.25) is 46.7 Å². The molecule has 0 aromatic heterocycles. The number of ether oxygens (including phenoxy) is 16. The first-order chi connectivity index (χ1) is 58.4. The summed E-state index contributed by atoms with van der Waals surface area (Å²) in [7, 11) is -6.99. The van der Waals surface area contributed by atoms with E-state index in [4.69, 9.17) is 84.2 Å². The van der Waals surface area contributed by atoms with Crippen molar-refractivity contribution in [3.05, 3.63) is 0 Å². The SMILES string of the molecule is CCC(C)(C)C(=O)OC1C(=O)OC2C3OC4(CCCCC4)OC3OC12.CCC(C)(C)C(=O)OC1C(=O)OC2CCCC21.CCC(C)(C)C(=O)OC1C2CC3C(O2)C1OS3(=O)=O.CCC(C)(C)C(=O)OC1C2CC3C1OS(=O)(=O)C3C2.CCC(C)(C)C(=O)OCC(=O)OC1C2CC3C(=O)OC1C3C2.CCC(C)(C)C(=O)OCC(=O)OC1C2CC3C1OC(=O)C3C2C. The van der Waals surface area contributed by atoms with Gasteiger partial charge in [0.1, 0.15) is 66.3 Å². The van der Waals surface area contributed by atoms with Gasteiger partial charge in [0.25, 0.3) is 20.2 Å². The van der Waals surface area contributed by atoms with Gasteiger partial charge >= 0.3 is 71.6 Å². The molecule has 8 saturated carbocycles. The first-order valence-electron chi connectivity index (χ1n) is 45.3. The second-order valence-electron chi connectivity index (χ2n) is 41.2. The van der Waals surface area contributed by atoms with Crippen LogP contribution in [0, 0.1) is 91.7 Å². The molecule has 0 aromatic carbocycles. The van der Waals surface area contributed by atoms with Crippen molar-refractivity contribution in [2.45, 2.75) is 380 Å². The van der Waals surface area contributed by atoms with Gasteiger partial charge in [-0.15, -0.1) is 0 Å². The zero-order valence-electron chi connectivity index (χ0n) is 75.5. The van der Waals surface area contributed by atoms with Gasteiger partial charge in [-0.05, 0) is 198 Å². The van der Waals surface area contributed by atoms with E-state index in [1.54, 1.807) is 55.4 Å². The van der Waals surface area contributed by atoms with Crippen LogP contribution in [-0.2, 0) is 162 Å². The van der Waals surface area contributed by atoms with E-state index in [9.17, 15) is 74.4 Å². The Balaban J connectivity index is 0.000000129. The number of fused-ring (bicyclic) bond motifs is 8. The van der Waals surface area contributed by atoms with E-state index >= 15 is 0 Å². The molecular formula is C89H130O34S2. The lowest BCUT2D eigenvalue weighted by molar-refractivity contribution is -0.246. The van der Waals surface area contributed by atoms with Gasteiger partial charge in [0.2, 0.25) is 12.2 Å². The lowest BCUT2D eigenvalue weighted by Crippen LogP contribution is -2.43. The van der Waals surface area contributed by atoms with E-state index in [0.29, 0.717) is 51.4 Å². The van der Waals surface area contributed by atoms with Gasteiger partial charge in [0, 0.05) is 54.3 Å². The van der Waals surface area contributed by atoms with Crippen LogP contribution in [0.15, 0.2) is 0 Å². The van der Waals surface area contributed by atoms with Gasteiger partial charge in [0.15, 0.2) is 43.6 Å². The topological polar surface area (TPSA) is 439 Å².